The van der Waals surface area contributed by atoms with Crippen molar-refractivity contribution in [3.63, 3.8) is 0 Å². The van der Waals surface area contributed by atoms with Crippen molar-refractivity contribution in [2.45, 2.75) is 84.5 Å². The van der Waals surface area contributed by atoms with Gasteiger partial charge in [-0.25, -0.2) is 0 Å². The normalized spacial score (nSPS) is 19.2. The van der Waals surface area contributed by atoms with Crippen LogP contribution in [-0.2, 0) is 95.9 Å². The third-order valence-electron chi connectivity index (χ3n) is 24.5. The van der Waals surface area contributed by atoms with Crippen LogP contribution in [0, 0.1) is 125 Å². The summed E-state index contributed by atoms with van der Waals surface area (Å²) in [4.78, 5) is 285. The maximum atomic E-state index is 14.6. The first-order valence-corrected chi connectivity index (χ1v) is 45.8. The van der Waals surface area contributed by atoms with Crippen LogP contribution in [0.3, 0.4) is 0 Å². The Morgan fingerprint density at radius 1 is 0.250 bits per heavy atom. The summed E-state index contributed by atoms with van der Waals surface area (Å²) in [5.74, 6) is -20.5. The van der Waals surface area contributed by atoms with Gasteiger partial charge >= 0.3 is 162 Å². The van der Waals surface area contributed by atoms with Gasteiger partial charge in [0.2, 0.25) is 35.4 Å². The van der Waals surface area contributed by atoms with E-state index in [0.29, 0.717) is 0 Å². The van der Waals surface area contributed by atoms with Crippen molar-refractivity contribution in [2.75, 3.05) is 327 Å². The van der Waals surface area contributed by atoms with E-state index in [9.17, 15) is 152 Å². The van der Waals surface area contributed by atoms with Gasteiger partial charge in [-0.1, -0.05) is 0 Å². The van der Waals surface area contributed by atoms with Gasteiger partial charge < -0.3 is 107 Å². The summed E-state index contributed by atoms with van der Waals surface area (Å²) in [6, 6.07) is -4.38. The molecule has 0 saturated carbocycles. The second kappa shape index (κ2) is 71.0. The van der Waals surface area contributed by atoms with E-state index in [1.807, 2.05) is 0 Å². The molecule has 4 rings (SSSR count). The number of aliphatic carboxylic acids is 11. The molecular formula is C84H140Gd3N22O31+5. The number of Topliss-reactive ketones (excluding diaryl/α,β-unsaturated/α-hetero) is 3. The van der Waals surface area contributed by atoms with Gasteiger partial charge in [-0.05, 0) is 41.0 Å². The smallest absolute Gasteiger partial charge is 0.549 e. The molecule has 56 heteroatoms. The predicted octanol–water partition coefficient (Wildman–Crippen LogP) is -16.0. The molecule has 0 bridgehead atoms. The van der Waals surface area contributed by atoms with Crippen LogP contribution in [0.25, 0.3) is 0 Å². The first-order chi connectivity index (χ1) is 64.6. The number of carbonyl (C=O) groups is 20. The molecule has 140 heavy (non-hydrogen) atoms. The van der Waals surface area contributed by atoms with Crippen LogP contribution in [-0.4, -0.2) is 584 Å². The number of amides is 6. The Morgan fingerprint density at radius 2 is 0.443 bits per heavy atom. The van der Waals surface area contributed by atoms with Crippen molar-refractivity contribution in [2.24, 2.45) is 5.41 Å². The van der Waals surface area contributed by atoms with Crippen molar-refractivity contribution in [1.82, 2.24) is 110 Å². The van der Waals surface area contributed by atoms with Crippen LogP contribution < -0.4 is 52.3 Å². The minimum Gasteiger partial charge on any atom is -0.549 e. The van der Waals surface area contributed by atoms with Crippen molar-refractivity contribution in [3.8, 4) is 0 Å². The molecule has 5 atom stereocenters. The number of nitrogens with zero attached hydrogens (tertiary/aromatic N) is 16. The molecule has 0 aromatic rings. The predicted molar refractivity (Wildman–Crippen MR) is 475 cm³/mol. The molecule has 53 nitrogen and oxygen atoms in total. The van der Waals surface area contributed by atoms with Gasteiger partial charge in [0.1, 0.15) is 11.6 Å². The summed E-state index contributed by atoms with van der Waals surface area (Å²) < 4.78 is 0. The van der Waals surface area contributed by atoms with E-state index < -0.39 is 279 Å². The molecule has 6 amide bonds. The molecule has 4 heterocycles. The van der Waals surface area contributed by atoms with E-state index in [-0.39, 0.29) is 342 Å². The molecule has 4 fully saturated rings. The Labute approximate surface area is 909 Å². The van der Waals surface area contributed by atoms with Crippen LogP contribution in [0.1, 0.15) is 60.3 Å². The molecule has 0 aliphatic carbocycles. The zero-order valence-corrected chi connectivity index (χ0v) is 86.9. The van der Waals surface area contributed by atoms with Gasteiger partial charge in [0, 0.05) is 280 Å². The van der Waals surface area contributed by atoms with Crippen molar-refractivity contribution < 1.29 is 272 Å². The molecule has 4 saturated heterocycles. The zero-order valence-electron chi connectivity index (χ0n) is 80.1. The first-order valence-electron chi connectivity index (χ1n) is 45.8. The number of carboxylic acid groups (broad SMARTS) is 11. The minimum atomic E-state index is -1.75. The van der Waals surface area contributed by atoms with E-state index in [0.717, 1.165) is 0 Å². The summed E-state index contributed by atoms with van der Waals surface area (Å²) in [6.07, 6.45) is -1.96. The fraction of sp³-hybridized carbons (Fsp3) is 0.762. The summed E-state index contributed by atoms with van der Waals surface area (Å²) in [5, 5.41) is 132. The molecular weight excluding hydrogens is 2280 g/mol. The summed E-state index contributed by atoms with van der Waals surface area (Å²) in [5.41, 5.74) is -1.75. The topological polar surface area (TPSA) is 699 Å². The molecule has 0 spiro atoms. The fourth-order valence-corrected chi connectivity index (χ4v) is 16.2. The summed E-state index contributed by atoms with van der Waals surface area (Å²) in [7, 11) is 0. The average Bonchev–Trinajstić information content (AvgIpc) is 0.833. The number of carbonyl (C=O) groups excluding carboxylic acids is 13. The SMILES string of the molecule is CC(=O)CN1CCN(CC(=O)[O-])CCN(C(C)C(=O)CCC(=O)NCC(CCC(=O)CNC(=O)C(C)N2CCN(CC(=O)[O-])CCN(CC(=O)O)CCN(CC(=O)O)CC2)(CNC(=O)CNC(=O)C(C)N2CCN(CC(=O)[O-])CCN(CC(=O)[O-])CCN(CC(=O)O)CC2)CNC(=O)CNC(=O)C(C)N2CCN(CC(=O)O)CCN(CC(=O)O)CCN(CC(=O)O)CC2)CCN(CC(=O)O)CC1.[Gd+3].[Gd+3].[Gd+3]. The monoisotopic (exact) mass is 2430 g/mol. The van der Waals surface area contributed by atoms with Gasteiger partial charge in [0.25, 0.3) is 0 Å². The second-order valence-corrected chi connectivity index (χ2v) is 35.1. The Bertz CT molecular complexity index is 3410. The molecule has 0 aromatic heterocycles. The van der Waals surface area contributed by atoms with Crippen molar-refractivity contribution >= 4 is 118 Å². The minimum absolute atomic E-state index is 0. The Kier molecular flexibility index (Phi) is 66.6. The van der Waals surface area contributed by atoms with Crippen LogP contribution in [0.5, 0.6) is 0 Å². The van der Waals surface area contributed by atoms with E-state index in [1.54, 1.807) is 41.2 Å². The Balaban J connectivity index is 0.0000327. The zero-order chi connectivity index (χ0) is 102. The maximum absolute atomic E-state index is 14.6. The number of nitrogens with one attached hydrogen (secondary N) is 6. The molecule has 0 aromatic carbocycles. The van der Waals surface area contributed by atoms with Crippen LogP contribution in [0.15, 0.2) is 0 Å². The third kappa shape index (κ3) is 57.3. The molecule has 13 N–H and O–H groups in total. The Hall–Kier alpha value is -6.67. The fourth-order valence-electron chi connectivity index (χ4n) is 16.2. The van der Waals surface area contributed by atoms with E-state index >= 15 is 0 Å². The van der Waals surface area contributed by atoms with Crippen LogP contribution in [0.2, 0.25) is 0 Å². The van der Waals surface area contributed by atoms with Gasteiger partial charge in [-0.15, -0.1) is 0 Å². The third-order valence-corrected chi connectivity index (χ3v) is 24.5. The average molecular weight is 2430 g/mol. The molecule has 4 aliphatic heterocycles. The standard InChI is InChI=1S/C84H144N22O31.3Gd/c1-60(107)45-91-10-12-95(49-73(119)120)26-34-103(35-27-96(13-11-91)50-74(121)122)61(2)66(109)6-7-67(110)88-57-84(9-8-65(108)42-85-81(135)62(3)104-36-28-97(51-75(123)124)20-14-92(46-70(113)114)15-21-98(29-37-104)52-76(125)126,58-89-68(111)43-86-82(136)63(4)105-38-30-99(53-77(127)128)22-16-93(47-71(115)116)17-23-100(31-39-105)54-78(129)130)59-90-69(112)44-87-83(137)64(5)106-40-32-101(55-79(131)132)24-18-94(48-72(117)118)19-25-102(33-41-106)56-80(133)134;;;/h61-64H,6-59H2,1-5H3,(H,85,135)(H,86,136)(H,87,137)(H,88,110)(H,89,111)(H,90,112)(H,113,114)(H,115,116)(H,117,118)(H,119,120)(H,121,122)(H,123,124)(H,125,126)(H,127,128)(H,129,130)(H,131,132)(H,133,134);;;/q;3*+3/p-4. The van der Waals surface area contributed by atoms with E-state index in [1.165, 1.54) is 71.8 Å². The quantitative estimate of drug-likeness (QED) is 0.0269. The van der Waals surface area contributed by atoms with Crippen LogP contribution >= 0.6 is 0 Å². The second-order valence-electron chi connectivity index (χ2n) is 35.1. The number of rotatable bonds is 50. The molecule has 4 aliphatic rings. The first kappa shape index (κ1) is 131. The summed E-state index contributed by atoms with van der Waals surface area (Å²) in [6.45, 7) is -0.986. The number of hydrogen-bond donors (Lipinski definition) is 13. The van der Waals surface area contributed by atoms with E-state index in [4.69, 9.17) is 0 Å². The Morgan fingerprint density at radius 3 is 0.657 bits per heavy atom. The molecule has 5 unspecified atom stereocenters. The van der Waals surface area contributed by atoms with Gasteiger partial charge in [-0.3, -0.25) is 155 Å². The van der Waals surface area contributed by atoms with Crippen molar-refractivity contribution in [1.29, 1.82) is 0 Å². The van der Waals surface area contributed by atoms with Gasteiger partial charge in [-0.2, -0.15) is 0 Å². The van der Waals surface area contributed by atoms with E-state index in [2.05, 4.69) is 31.9 Å². The van der Waals surface area contributed by atoms with Crippen molar-refractivity contribution in [3.05, 3.63) is 0 Å². The summed E-state index contributed by atoms with van der Waals surface area (Å²) >= 11 is 0. The van der Waals surface area contributed by atoms with Gasteiger partial charge in [0.15, 0.2) is 5.78 Å². The van der Waals surface area contributed by atoms with Gasteiger partial charge in [0.05, 0.1) is 120 Å². The maximum Gasteiger partial charge on any atom is 3.00 e. The molecule has 791 valence electrons. The molecule has 3 radical (unpaired) electrons. The number of ketones is 3. The largest absolute Gasteiger partial charge is 3.00 e. The number of hydrogen-bond acceptors (Lipinski definition) is 40. The van der Waals surface area contributed by atoms with Crippen LogP contribution in [0.4, 0.5) is 0 Å². The number of carboxylic acids is 11.